The summed E-state index contributed by atoms with van der Waals surface area (Å²) < 4.78 is 4.99. The Balaban J connectivity index is 1.87. The average Bonchev–Trinajstić information content (AvgIpc) is 2.58. The summed E-state index contributed by atoms with van der Waals surface area (Å²) in [5, 5.41) is 16.0. The average molecular weight is 355 g/mol. The number of nitrogens with zero attached hydrogens (tertiary/aromatic N) is 1. The number of rotatable bonds is 6. The number of hydrogen-bond donors (Lipinski definition) is 3. The molecule has 2 aromatic rings. The van der Waals surface area contributed by atoms with Crippen LogP contribution >= 0.6 is 0 Å². The van der Waals surface area contributed by atoms with Gasteiger partial charge >= 0.3 is 0 Å². The summed E-state index contributed by atoms with van der Waals surface area (Å²) in [6.45, 7) is 3.85. The van der Waals surface area contributed by atoms with Crippen molar-refractivity contribution in [3.8, 4) is 11.5 Å². The van der Waals surface area contributed by atoms with E-state index in [1.165, 1.54) is 19.4 Å². The number of phenols is 1. The van der Waals surface area contributed by atoms with E-state index in [0.29, 0.717) is 17.0 Å². The van der Waals surface area contributed by atoms with Gasteiger partial charge in [0.05, 0.1) is 13.3 Å². The van der Waals surface area contributed by atoms with E-state index in [0.717, 1.165) is 11.1 Å². The fourth-order valence-electron chi connectivity index (χ4n) is 2.29. The van der Waals surface area contributed by atoms with E-state index in [-0.39, 0.29) is 12.2 Å². The van der Waals surface area contributed by atoms with Crippen molar-refractivity contribution in [2.24, 2.45) is 5.10 Å². The second kappa shape index (κ2) is 8.66. The molecule has 0 aliphatic carbocycles. The molecule has 136 valence electrons. The van der Waals surface area contributed by atoms with Crippen molar-refractivity contribution in [1.82, 2.24) is 5.43 Å². The van der Waals surface area contributed by atoms with E-state index in [1.807, 2.05) is 26.0 Å². The Kier molecular flexibility index (Phi) is 6.32. The zero-order valence-electron chi connectivity index (χ0n) is 14.9. The molecule has 0 bridgehead atoms. The van der Waals surface area contributed by atoms with Crippen molar-refractivity contribution in [1.29, 1.82) is 0 Å². The van der Waals surface area contributed by atoms with E-state index in [9.17, 15) is 14.7 Å². The van der Waals surface area contributed by atoms with E-state index in [2.05, 4.69) is 15.8 Å². The molecule has 0 aliphatic heterocycles. The Morgan fingerprint density at radius 2 is 1.92 bits per heavy atom. The fourth-order valence-corrected chi connectivity index (χ4v) is 2.29. The van der Waals surface area contributed by atoms with E-state index < -0.39 is 11.8 Å². The number of aromatic hydroxyl groups is 1. The van der Waals surface area contributed by atoms with Crippen LogP contribution in [0.2, 0.25) is 0 Å². The van der Waals surface area contributed by atoms with Crippen molar-refractivity contribution >= 4 is 23.7 Å². The Morgan fingerprint density at radius 3 is 2.62 bits per heavy atom. The highest BCUT2D eigenvalue weighted by atomic mass is 16.5. The number of phenolic OH excluding ortho intramolecular Hbond substituents is 1. The summed E-state index contributed by atoms with van der Waals surface area (Å²) >= 11 is 0. The minimum Gasteiger partial charge on any atom is -0.504 e. The molecule has 0 aliphatic rings. The van der Waals surface area contributed by atoms with Gasteiger partial charge in [0.25, 0.3) is 0 Å². The van der Waals surface area contributed by atoms with Crippen LogP contribution in [0.4, 0.5) is 5.69 Å². The summed E-state index contributed by atoms with van der Waals surface area (Å²) in [6.07, 6.45) is 1.05. The van der Waals surface area contributed by atoms with Gasteiger partial charge in [-0.3, -0.25) is 9.59 Å². The summed E-state index contributed by atoms with van der Waals surface area (Å²) in [5.74, 6) is -0.643. The van der Waals surface area contributed by atoms with Gasteiger partial charge in [-0.25, -0.2) is 5.43 Å². The second-order valence-electron chi connectivity index (χ2n) is 5.77. The quantitative estimate of drug-likeness (QED) is 0.421. The minimum absolute atomic E-state index is 0.0109. The lowest BCUT2D eigenvalue weighted by molar-refractivity contribution is -0.126. The van der Waals surface area contributed by atoms with Crippen LogP contribution in [0.5, 0.6) is 11.5 Å². The number of nitrogens with one attached hydrogen (secondary N) is 2. The monoisotopic (exact) mass is 355 g/mol. The molecule has 0 unspecified atom stereocenters. The number of methoxy groups -OCH3 is 1. The highest BCUT2D eigenvalue weighted by Crippen LogP contribution is 2.25. The molecule has 0 atom stereocenters. The zero-order chi connectivity index (χ0) is 19.1. The summed E-state index contributed by atoms with van der Waals surface area (Å²) in [5.41, 5.74) is 5.61. The topological polar surface area (TPSA) is 100 Å². The number of hydrazone groups is 1. The summed E-state index contributed by atoms with van der Waals surface area (Å²) in [7, 11) is 1.44. The molecule has 0 saturated carbocycles. The van der Waals surface area contributed by atoms with Crippen molar-refractivity contribution < 1.29 is 19.4 Å². The standard InChI is InChI=1S/C19H21N3O4/c1-12-4-6-15(13(2)8-12)21-18(24)10-19(25)22-20-11-14-5-7-16(23)17(9-14)26-3/h4-9,11,23H,10H2,1-3H3,(H,21,24)(H,22,25). The first-order valence-corrected chi connectivity index (χ1v) is 7.95. The van der Waals surface area contributed by atoms with Gasteiger partial charge in [0.2, 0.25) is 11.8 Å². The van der Waals surface area contributed by atoms with Crippen LogP contribution in [-0.4, -0.2) is 30.2 Å². The third-order valence-electron chi connectivity index (χ3n) is 3.58. The van der Waals surface area contributed by atoms with Gasteiger partial charge in [-0.15, -0.1) is 0 Å². The minimum atomic E-state index is -0.533. The number of amides is 2. The lowest BCUT2D eigenvalue weighted by Crippen LogP contribution is -2.24. The van der Waals surface area contributed by atoms with Crippen molar-refractivity contribution in [2.75, 3.05) is 12.4 Å². The number of hydrogen-bond acceptors (Lipinski definition) is 5. The summed E-state index contributed by atoms with van der Waals surface area (Å²) in [6, 6.07) is 10.3. The largest absolute Gasteiger partial charge is 0.504 e. The normalized spacial score (nSPS) is 10.6. The number of anilines is 1. The van der Waals surface area contributed by atoms with Crippen LogP contribution < -0.4 is 15.5 Å². The van der Waals surface area contributed by atoms with Gasteiger partial charge in [0.1, 0.15) is 6.42 Å². The molecule has 0 spiro atoms. The van der Waals surface area contributed by atoms with Gasteiger partial charge in [-0.1, -0.05) is 17.7 Å². The third-order valence-corrected chi connectivity index (χ3v) is 3.58. The first-order chi connectivity index (χ1) is 12.4. The van der Waals surface area contributed by atoms with E-state index in [1.54, 1.807) is 18.2 Å². The third kappa shape index (κ3) is 5.34. The molecule has 0 heterocycles. The Hall–Kier alpha value is -3.35. The molecule has 0 fully saturated rings. The van der Waals surface area contributed by atoms with Crippen LogP contribution in [-0.2, 0) is 9.59 Å². The fraction of sp³-hybridized carbons (Fsp3) is 0.211. The molecule has 7 heteroatoms. The lowest BCUT2D eigenvalue weighted by Gasteiger charge is -2.08. The molecule has 7 nitrogen and oxygen atoms in total. The number of ether oxygens (including phenoxy) is 1. The molecule has 2 amide bonds. The Bertz CT molecular complexity index is 847. The molecule has 3 N–H and O–H groups in total. The number of aryl methyl sites for hydroxylation is 2. The van der Waals surface area contributed by atoms with Crippen LogP contribution in [0.25, 0.3) is 0 Å². The molecule has 2 aromatic carbocycles. The van der Waals surface area contributed by atoms with Crippen molar-refractivity contribution in [3.05, 3.63) is 53.1 Å². The molecular formula is C19H21N3O4. The van der Waals surface area contributed by atoms with Gasteiger partial charge in [0.15, 0.2) is 11.5 Å². The van der Waals surface area contributed by atoms with Gasteiger partial charge in [-0.05, 0) is 49.2 Å². The van der Waals surface area contributed by atoms with Crippen LogP contribution in [0.15, 0.2) is 41.5 Å². The molecule has 2 rings (SSSR count). The predicted octanol–water partition coefficient (Wildman–Crippen LogP) is 2.50. The molecular weight excluding hydrogens is 334 g/mol. The van der Waals surface area contributed by atoms with Crippen LogP contribution in [0, 0.1) is 13.8 Å². The number of carbonyl (C=O) groups is 2. The maximum atomic E-state index is 11.9. The van der Waals surface area contributed by atoms with Crippen LogP contribution in [0.3, 0.4) is 0 Å². The molecule has 0 radical (unpaired) electrons. The molecule has 0 saturated heterocycles. The van der Waals surface area contributed by atoms with E-state index >= 15 is 0 Å². The maximum Gasteiger partial charge on any atom is 0.249 e. The Labute approximate surface area is 151 Å². The Morgan fingerprint density at radius 1 is 1.15 bits per heavy atom. The zero-order valence-corrected chi connectivity index (χ0v) is 14.9. The first-order valence-electron chi connectivity index (χ1n) is 7.95. The van der Waals surface area contributed by atoms with Crippen molar-refractivity contribution in [3.63, 3.8) is 0 Å². The van der Waals surface area contributed by atoms with E-state index in [4.69, 9.17) is 4.74 Å². The van der Waals surface area contributed by atoms with Crippen LogP contribution in [0.1, 0.15) is 23.1 Å². The van der Waals surface area contributed by atoms with Gasteiger partial charge in [0, 0.05) is 5.69 Å². The maximum absolute atomic E-state index is 11.9. The lowest BCUT2D eigenvalue weighted by atomic mass is 10.1. The number of benzene rings is 2. The smallest absolute Gasteiger partial charge is 0.249 e. The molecule has 26 heavy (non-hydrogen) atoms. The second-order valence-corrected chi connectivity index (χ2v) is 5.77. The first kappa shape index (κ1) is 19.0. The molecule has 0 aromatic heterocycles. The highest BCUT2D eigenvalue weighted by Gasteiger charge is 2.10. The predicted molar refractivity (Wildman–Crippen MR) is 99.6 cm³/mol. The number of carbonyl (C=O) groups excluding carboxylic acids is 2. The van der Waals surface area contributed by atoms with Crippen molar-refractivity contribution in [2.45, 2.75) is 20.3 Å². The SMILES string of the molecule is COc1cc(C=NNC(=O)CC(=O)Nc2ccc(C)cc2C)ccc1O. The van der Waals surface area contributed by atoms with Gasteiger partial charge in [-0.2, -0.15) is 5.10 Å². The van der Waals surface area contributed by atoms with Gasteiger partial charge < -0.3 is 15.2 Å². The summed E-state index contributed by atoms with van der Waals surface area (Å²) in [4.78, 5) is 23.7. The highest BCUT2D eigenvalue weighted by molar-refractivity contribution is 6.04.